The lowest BCUT2D eigenvalue weighted by Gasteiger charge is -2.26. The minimum atomic E-state index is -0.0185. The smallest absolute Gasteiger partial charge is 0.235 e. The molecule has 6 heteroatoms. The van der Waals surface area contributed by atoms with Gasteiger partial charge in [-0.1, -0.05) is 0 Å². The number of nitrogens with zero attached hydrogens (tertiary/aromatic N) is 1. The fraction of sp³-hybridized carbons (Fsp3) is 0.538. The monoisotopic (exact) mass is 295 g/mol. The lowest BCUT2D eigenvalue weighted by molar-refractivity contribution is -0.113. The molecule has 0 bridgehead atoms. The largest absolute Gasteiger partial charge is 0.316 e. The van der Waals surface area contributed by atoms with Gasteiger partial charge in [0.15, 0.2) is 0 Å². The summed E-state index contributed by atoms with van der Waals surface area (Å²) >= 11 is 3.13. The van der Waals surface area contributed by atoms with Crippen molar-refractivity contribution in [2.75, 3.05) is 29.9 Å². The molecule has 2 N–H and O–H groups in total. The van der Waals surface area contributed by atoms with Gasteiger partial charge in [0.25, 0.3) is 0 Å². The van der Waals surface area contributed by atoms with Gasteiger partial charge in [0.2, 0.25) is 5.91 Å². The van der Waals surface area contributed by atoms with E-state index in [2.05, 4.69) is 16.7 Å². The van der Waals surface area contributed by atoms with Gasteiger partial charge in [0.1, 0.15) is 11.1 Å². The maximum Gasteiger partial charge on any atom is 0.235 e. The SMILES string of the molecule is Cc1sc(NC(=O)CSCC2CNC2)c(C#N)c1C. The topological polar surface area (TPSA) is 64.9 Å². The molecule has 0 aromatic carbocycles. The number of carbonyl (C=O) groups is 1. The molecular weight excluding hydrogens is 278 g/mol. The Morgan fingerprint density at radius 2 is 2.32 bits per heavy atom. The van der Waals surface area contributed by atoms with Crippen molar-refractivity contribution in [1.29, 1.82) is 5.26 Å². The summed E-state index contributed by atoms with van der Waals surface area (Å²) in [6.45, 7) is 6.01. The molecule has 2 heterocycles. The highest BCUT2D eigenvalue weighted by Crippen LogP contribution is 2.31. The van der Waals surface area contributed by atoms with Crippen molar-refractivity contribution in [3.63, 3.8) is 0 Å². The summed E-state index contributed by atoms with van der Waals surface area (Å²) in [7, 11) is 0. The highest BCUT2D eigenvalue weighted by Gasteiger charge is 2.18. The molecule has 0 spiro atoms. The van der Waals surface area contributed by atoms with Gasteiger partial charge in [0.05, 0.1) is 11.3 Å². The molecule has 0 unspecified atom stereocenters. The second-order valence-corrected chi connectivity index (χ2v) is 6.94. The Bertz CT molecular complexity index is 515. The molecule has 2 rings (SSSR count). The fourth-order valence-electron chi connectivity index (χ4n) is 1.80. The highest BCUT2D eigenvalue weighted by molar-refractivity contribution is 7.99. The molecule has 0 saturated carbocycles. The van der Waals surface area contributed by atoms with E-state index in [9.17, 15) is 4.79 Å². The summed E-state index contributed by atoms with van der Waals surface area (Å²) in [4.78, 5) is 12.9. The van der Waals surface area contributed by atoms with Crippen LogP contribution in [0.15, 0.2) is 0 Å². The first-order chi connectivity index (χ1) is 9.11. The van der Waals surface area contributed by atoms with Gasteiger partial charge in [0, 0.05) is 4.88 Å². The van der Waals surface area contributed by atoms with Gasteiger partial charge < -0.3 is 10.6 Å². The van der Waals surface area contributed by atoms with E-state index in [0.29, 0.717) is 22.2 Å². The number of rotatable bonds is 5. The number of aryl methyl sites for hydroxylation is 1. The van der Waals surface area contributed by atoms with E-state index in [1.165, 1.54) is 11.3 Å². The average molecular weight is 295 g/mol. The lowest BCUT2D eigenvalue weighted by atomic mass is 10.1. The van der Waals surface area contributed by atoms with Crippen LogP contribution in [0, 0.1) is 31.1 Å². The number of nitriles is 1. The third-order valence-corrected chi connectivity index (χ3v) is 5.50. The van der Waals surface area contributed by atoms with Crippen molar-refractivity contribution < 1.29 is 4.79 Å². The number of hydrogen-bond donors (Lipinski definition) is 2. The Labute approximate surface area is 121 Å². The predicted molar refractivity (Wildman–Crippen MR) is 80.8 cm³/mol. The number of nitrogens with one attached hydrogen (secondary N) is 2. The maximum absolute atomic E-state index is 11.8. The molecule has 1 aliphatic rings. The number of thiophene rings is 1. The average Bonchev–Trinajstić information content (AvgIpc) is 2.57. The number of hydrogen-bond acceptors (Lipinski definition) is 5. The number of amides is 1. The van der Waals surface area contributed by atoms with Crippen LogP contribution in [-0.4, -0.2) is 30.5 Å². The zero-order chi connectivity index (χ0) is 13.8. The van der Waals surface area contributed by atoms with E-state index < -0.39 is 0 Å². The summed E-state index contributed by atoms with van der Waals surface area (Å²) < 4.78 is 0. The number of thioether (sulfide) groups is 1. The molecule has 0 radical (unpaired) electrons. The third-order valence-electron chi connectivity index (χ3n) is 3.20. The first-order valence-corrected chi connectivity index (χ1v) is 8.17. The van der Waals surface area contributed by atoms with E-state index in [1.807, 2.05) is 13.8 Å². The Morgan fingerprint density at radius 1 is 1.58 bits per heavy atom. The van der Waals surface area contributed by atoms with Crippen LogP contribution in [-0.2, 0) is 4.79 Å². The molecule has 1 saturated heterocycles. The van der Waals surface area contributed by atoms with Gasteiger partial charge in [-0.3, -0.25) is 4.79 Å². The van der Waals surface area contributed by atoms with Gasteiger partial charge in [-0.05, 0) is 44.2 Å². The molecule has 1 amide bonds. The van der Waals surface area contributed by atoms with Crippen LogP contribution in [0.4, 0.5) is 5.00 Å². The van der Waals surface area contributed by atoms with E-state index in [-0.39, 0.29) is 5.91 Å². The maximum atomic E-state index is 11.8. The Morgan fingerprint density at radius 3 is 2.89 bits per heavy atom. The minimum absolute atomic E-state index is 0.0185. The molecule has 1 aromatic heterocycles. The summed E-state index contributed by atoms with van der Waals surface area (Å²) in [5, 5.41) is 15.9. The molecule has 0 aliphatic carbocycles. The van der Waals surface area contributed by atoms with Crippen molar-refractivity contribution >= 4 is 34.0 Å². The summed E-state index contributed by atoms with van der Waals surface area (Å²) in [6.07, 6.45) is 0. The van der Waals surface area contributed by atoms with Gasteiger partial charge in [-0.25, -0.2) is 0 Å². The first-order valence-electron chi connectivity index (χ1n) is 6.20. The molecule has 19 heavy (non-hydrogen) atoms. The molecule has 0 atom stereocenters. The van der Waals surface area contributed by atoms with Crippen LogP contribution in [0.3, 0.4) is 0 Å². The first kappa shape index (κ1) is 14.4. The van der Waals surface area contributed by atoms with Crippen molar-refractivity contribution in [2.45, 2.75) is 13.8 Å². The molecule has 102 valence electrons. The number of carbonyl (C=O) groups excluding carboxylic acids is 1. The second kappa shape index (κ2) is 6.42. The summed E-state index contributed by atoms with van der Waals surface area (Å²) in [5.74, 6) is 2.17. The van der Waals surface area contributed by atoms with Crippen LogP contribution in [0.5, 0.6) is 0 Å². The quantitative estimate of drug-likeness (QED) is 0.873. The van der Waals surface area contributed by atoms with Crippen molar-refractivity contribution in [3.8, 4) is 6.07 Å². The van der Waals surface area contributed by atoms with E-state index in [0.717, 1.165) is 29.3 Å². The van der Waals surface area contributed by atoms with Crippen LogP contribution in [0.1, 0.15) is 16.0 Å². The van der Waals surface area contributed by atoms with Gasteiger partial charge in [-0.15, -0.1) is 11.3 Å². The Kier molecular flexibility index (Phi) is 4.86. The van der Waals surface area contributed by atoms with E-state index in [4.69, 9.17) is 5.26 Å². The second-order valence-electron chi connectivity index (χ2n) is 4.69. The van der Waals surface area contributed by atoms with Crippen molar-refractivity contribution in [2.24, 2.45) is 5.92 Å². The highest BCUT2D eigenvalue weighted by atomic mass is 32.2. The summed E-state index contributed by atoms with van der Waals surface area (Å²) in [5.41, 5.74) is 1.57. The van der Waals surface area contributed by atoms with Crippen molar-refractivity contribution in [1.82, 2.24) is 5.32 Å². The van der Waals surface area contributed by atoms with Crippen LogP contribution in [0.25, 0.3) is 0 Å². The van der Waals surface area contributed by atoms with Gasteiger partial charge >= 0.3 is 0 Å². The normalized spacial score (nSPS) is 14.8. The van der Waals surface area contributed by atoms with Crippen LogP contribution < -0.4 is 10.6 Å². The Balaban J connectivity index is 1.84. The summed E-state index contributed by atoms with van der Waals surface area (Å²) in [6, 6.07) is 2.16. The van der Waals surface area contributed by atoms with E-state index in [1.54, 1.807) is 11.8 Å². The zero-order valence-corrected chi connectivity index (χ0v) is 12.7. The lowest BCUT2D eigenvalue weighted by Crippen LogP contribution is -2.43. The standard InChI is InChI=1S/C13H17N3OS2/c1-8-9(2)19-13(11(8)3-14)16-12(17)7-18-6-10-4-15-5-10/h10,15H,4-7H2,1-2H3,(H,16,17). The van der Waals surface area contributed by atoms with Crippen molar-refractivity contribution in [3.05, 3.63) is 16.0 Å². The zero-order valence-electron chi connectivity index (χ0n) is 11.1. The predicted octanol–water partition coefficient (Wildman–Crippen LogP) is 2.13. The van der Waals surface area contributed by atoms with Crippen LogP contribution >= 0.6 is 23.1 Å². The van der Waals surface area contributed by atoms with E-state index >= 15 is 0 Å². The van der Waals surface area contributed by atoms with Gasteiger partial charge in [-0.2, -0.15) is 17.0 Å². The molecule has 1 aromatic rings. The molecule has 1 fully saturated rings. The molecular formula is C13H17N3OS2. The minimum Gasteiger partial charge on any atom is -0.316 e. The van der Waals surface area contributed by atoms with Crippen LogP contribution in [0.2, 0.25) is 0 Å². The number of anilines is 1. The fourth-order valence-corrected chi connectivity index (χ4v) is 3.77. The Hall–Kier alpha value is -1.03. The molecule has 1 aliphatic heterocycles. The third kappa shape index (κ3) is 3.50. The molecule has 4 nitrogen and oxygen atoms in total.